The number of nitrogens with zero attached hydrogens (tertiary/aromatic N) is 3. The van der Waals surface area contributed by atoms with E-state index in [1.807, 2.05) is 0 Å². The number of aryl methyl sites for hydroxylation is 1. The van der Waals surface area contributed by atoms with Gasteiger partial charge in [-0.3, -0.25) is 4.90 Å². The Morgan fingerprint density at radius 2 is 2.41 bits per heavy atom. The van der Waals surface area contributed by atoms with Gasteiger partial charge in [-0.25, -0.2) is 0 Å². The second kappa shape index (κ2) is 6.12. The molecule has 1 fully saturated rings. The fraction of sp³-hybridized carbons (Fsp3) is 0.833. The molecule has 96 valence electrons. The molecule has 1 aromatic rings. The zero-order valence-corrected chi connectivity index (χ0v) is 10.4. The SMILES string of the molecule is CCCc1nc(CN2CCCC(CO)C2)no1. The molecule has 1 saturated heterocycles. The number of aromatic nitrogens is 2. The molecule has 1 aliphatic rings. The standard InChI is InChI=1S/C12H21N3O2/c1-2-4-12-13-11(14-17-12)8-15-6-3-5-10(7-15)9-16/h10,16H,2-9H2,1H3. The lowest BCUT2D eigenvalue weighted by Gasteiger charge is -2.30. The van der Waals surface area contributed by atoms with Crippen LogP contribution in [0.5, 0.6) is 0 Å². The smallest absolute Gasteiger partial charge is 0.226 e. The van der Waals surface area contributed by atoms with Crippen molar-refractivity contribution in [1.82, 2.24) is 15.0 Å². The van der Waals surface area contributed by atoms with E-state index in [1.54, 1.807) is 0 Å². The van der Waals surface area contributed by atoms with Crippen LogP contribution >= 0.6 is 0 Å². The van der Waals surface area contributed by atoms with Gasteiger partial charge in [-0.2, -0.15) is 4.98 Å². The molecule has 0 aliphatic carbocycles. The fourth-order valence-electron chi connectivity index (χ4n) is 2.31. The summed E-state index contributed by atoms with van der Waals surface area (Å²) in [6.07, 6.45) is 4.15. The first-order valence-electron chi connectivity index (χ1n) is 6.46. The second-order valence-electron chi connectivity index (χ2n) is 4.78. The highest BCUT2D eigenvalue weighted by atomic mass is 16.5. The zero-order chi connectivity index (χ0) is 12.1. The van der Waals surface area contributed by atoms with Crippen LogP contribution in [0.3, 0.4) is 0 Å². The van der Waals surface area contributed by atoms with Crippen LogP contribution in [-0.2, 0) is 13.0 Å². The lowest BCUT2D eigenvalue weighted by Crippen LogP contribution is -2.36. The van der Waals surface area contributed by atoms with Gasteiger partial charge in [0.1, 0.15) is 0 Å². The van der Waals surface area contributed by atoms with Crippen molar-refractivity contribution in [3.8, 4) is 0 Å². The molecule has 1 atom stereocenters. The first kappa shape index (κ1) is 12.5. The summed E-state index contributed by atoms with van der Waals surface area (Å²) >= 11 is 0. The maximum atomic E-state index is 9.17. The van der Waals surface area contributed by atoms with E-state index in [9.17, 15) is 5.11 Å². The number of hydrogen-bond donors (Lipinski definition) is 1. The monoisotopic (exact) mass is 239 g/mol. The third-order valence-corrected chi connectivity index (χ3v) is 3.20. The quantitative estimate of drug-likeness (QED) is 0.837. The van der Waals surface area contributed by atoms with E-state index in [0.717, 1.165) is 57.0 Å². The van der Waals surface area contributed by atoms with Crippen LogP contribution in [-0.4, -0.2) is 39.8 Å². The highest BCUT2D eigenvalue weighted by molar-refractivity contribution is 4.87. The lowest BCUT2D eigenvalue weighted by atomic mass is 9.99. The molecule has 0 saturated carbocycles. The van der Waals surface area contributed by atoms with Gasteiger partial charge in [0.2, 0.25) is 5.89 Å². The van der Waals surface area contributed by atoms with Gasteiger partial charge in [0.05, 0.1) is 6.54 Å². The average molecular weight is 239 g/mol. The summed E-state index contributed by atoms with van der Waals surface area (Å²) < 4.78 is 5.16. The van der Waals surface area contributed by atoms with E-state index >= 15 is 0 Å². The molecule has 2 rings (SSSR count). The molecule has 1 unspecified atom stereocenters. The number of aliphatic hydroxyl groups is 1. The minimum atomic E-state index is 0.282. The third-order valence-electron chi connectivity index (χ3n) is 3.20. The van der Waals surface area contributed by atoms with Crippen molar-refractivity contribution in [3.05, 3.63) is 11.7 Å². The van der Waals surface area contributed by atoms with Crippen LogP contribution in [0.2, 0.25) is 0 Å². The molecule has 5 nitrogen and oxygen atoms in total. The van der Waals surface area contributed by atoms with Crippen molar-refractivity contribution in [2.75, 3.05) is 19.7 Å². The summed E-state index contributed by atoms with van der Waals surface area (Å²) in [4.78, 5) is 6.66. The van der Waals surface area contributed by atoms with Crippen LogP contribution in [0.1, 0.15) is 37.9 Å². The van der Waals surface area contributed by atoms with Crippen molar-refractivity contribution in [3.63, 3.8) is 0 Å². The molecular formula is C12H21N3O2. The van der Waals surface area contributed by atoms with Crippen molar-refractivity contribution in [2.24, 2.45) is 5.92 Å². The molecule has 0 spiro atoms. The molecule has 5 heteroatoms. The van der Waals surface area contributed by atoms with E-state index < -0.39 is 0 Å². The highest BCUT2D eigenvalue weighted by Gasteiger charge is 2.20. The molecule has 0 aromatic carbocycles. The van der Waals surface area contributed by atoms with Gasteiger partial charge in [0.15, 0.2) is 5.82 Å². The first-order chi connectivity index (χ1) is 8.31. The lowest BCUT2D eigenvalue weighted by molar-refractivity contribution is 0.113. The second-order valence-corrected chi connectivity index (χ2v) is 4.78. The molecule has 2 heterocycles. The van der Waals surface area contributed by atoms with Crippen molar-refractivity contribution >= 4 is 0 Å². The number of rotatable bonds is 5. The maximum absolute atomic E-state index is 9.17. The van der Waals surface area contributed by atoms with E-state index in [2.05, 4.69) is 22.0 Å². The summed E-state index contributed by atoms with van der Waals surface area (Å²) in [6, 6.07) is 0. The summed E-state index contributed by atoms with van der Waals surface area (Å²) in [5.41, 5.74) is 0. The van der Waals surface area contributed by atoms with Crippen LogP contribution < -0.4 is 0 Å². The van der Waals surface area contributed by atoms with Crippen LogP contribution in [0.4, 0.5) is 0 Å². The van der Waals surface area contributed by atoms with E-state index in [-0.39, 0.29) is 6.61 Å². The zero-order valence-electron chi connectivity index (χ0n) is 10.4. The van der Waals surface area contributed by atoms with Crippen LogP contribution in [0, 0.1) is 5.92 Å². The van der Waals surface area contributed by atoms with Crippen LogP contribution in [0.15, 0.2) is 4.52 Å². The van der Waals surface area contributed by atoms with Gasteiger partial charge in [-0.1, -0.05) is 12.1 Å². The maximum Gasteiger partial charge on any atom is 0.226 e. The van der Waals surface area contributed by atoms with Crippen molar-refractivity contribution in [2.45, 2.75) is 39.2 Å². The molecule has 0 radical (unpaired) electrons. The summed E-state index contributed by atoms with van der Waals surface area (Å²) in [5, 5.41) is 13.2. The molecule has 1 N–H and O–H groups in total. The molecule has 1 aromatic heterocycles. The normalized spacial score (nSPS) is 21.9. The molecule has 17 heavy (non-hydrogen) atoms. The molecular weight excluding hydrogens is 218 g/mol. The summed E-state index contributed by atoms with van der Waals surface area (Å²) in [7, 11) is 0. The summed E-state index contributed by atoms with van der Waals surface area (Å²) in [5.74, 6) is 1.91. The number of aliphatic hydroxyl groups excluding tert-OH is 1. The Bertz CT molecular complexity index is 340. The Hall–Kier alpha value is -0.940. The third kappa shape index (κ3) is 3.51. The van der Waals surface area contributed by atoms with Gasteiger partial charge in [-0.15, -0.1) is 0 Å². The summed E-state index contributed by atoms with van der Waals surface area (Å²) in [6.45, 7) is 5.12. The topological polar surface area (TPSA) is 62.4 Å². The van der Waals surface area contributed by atoms with Gasteiger partial charge < -0.3 is 9.63 Å². The molecule has 1 aliphatic heterocycles. The van der Waals surface area contributed by atoms with Gasteiger partial charge in [0, 0.05) is 19.6 Å². The Labute approximate surface area is 102 Å². The largest absolute Gasteiger partial charge is 0.396 e. The Balaban J connectivity index is 1.86. The van der Waals surface area contributed by atoms with Crippen LogP contribution in [0.25, 0.3) is 0 Å². The van der Waals surface area contributed by atoms with Gasteiger partial charge in [0.25, 0.3) is 0 Å². The minimum absolute atomic E-state index is 0.282. The van der Waals surface area contributed by atoms with E-state index in [1.165, 1.54) is 0 Å². The predicted molar refractivity (Wildman–Crippen MR) is 63.4 cm³/mol. The minimum Gasteiger partial charge on any atom is -0.396 e. The van der Waals surface area contributed by atoms with Crippen molar-refractivity contribution < 1.29 is 9.63 Å². The van der Waals surface area contributed by atoms with Gasteiger partial charge in [-0.05, 0) is 31.7 Å². The van der Waals surface area contributed by atoms with Crippen molar-refractivity contribution in [1.29, 1.82) is 0 Å². The Morgan fingerprint density at radius 3 is 3.18 bits per heavy atom. The number of likely N-dealkylation sites (tertiary alicyclic amines) is 1. The highest BCUT2D eigenvalue weighted by Crippen LogP contribution is 2.17. The predicted octanol–water partition coefficient (Wildman–Crippen LogP) is 1.23. The average Bonchev–Trinajstić information content (AvgIpc) is 2.77. The van der Waals surface area contributed by atoms with E-state index in [0.29, 0.717) is 5.92 Å². The molecule has 0 bridgehead atoms. The number of piperidine rings is 1. The Kier molecular flexibility index (Phi) is 4.50. The Morgan fingerprint density at radius 1 is 1.53 bits per heavy atom. The van der Waals surface area contributed by atoms with E-state index in [4.69, 9.17) is 4.52 Å². The first-order valence-corrected chi connectivity index (χ1v) is 6.46. The molecule has 0 amide bonds. The van der Waals surface area contributed by atoms with Gasteiger partial charge >= 0.3 is 0 Å². The fourth-order valence-corrected chi connectivity index (χ4v) is 2.31. The number of hydrogen-bond acceptors (Lipinski definition) is 5.